The molecule has 12 heteroatoms. The SMILES string of the molecule is CCC(CC)C(=O)/C=C(\O)C(CC)CC.Cc1[c-]c(-c2ncnc3c2oc2c(-c4nnc([Si](C)(C)C)o4)c(C#N)c(F)cc23)cc(C)c1.[Ir]. The Balaban J connectivity index is 0.000000347. The molecule has 1 N–H and O–H groups in total. The summed E-state index contributed by atoms with van der Waals surface area (Å²) in [6, 6.07) is 10.4. The van der Waals surface area contributed by atoms with Gasteiger partial charge in [0, 0.05) is 49.1 Å². The predicted molar refractivity (Wildman–Crippen MR) is 188 cm³/mol. The Morgan fingerprint density at radius 1 is 1.00 bits per heavy atom. The number of halogens is 1. The van der Waals surface area contributed by atoms with E-state index in [1.165, 1.54) is 18.5 Å². The number of carbonyl (C=O) groups is 1. The number of nitrogens with zero attached hydrogens (tertiary/aromatic N) is 5. The van der Waals surface area contributed by atoms with Gasteiger partial charge in [-0.05, 0) is 31.7 Å². The molecule has 2 aromatic carbocycles. The normalized spacial score (nSPS) is 11.9. The zero-order valence-corrected chi connectivity index (χ0v) is 32.9. The molecule has 0 saturated carbocycles. The van der Waals surface area contributed by atoms with Crippen LogP contribution in [0.2, 0.25) is 19.6 Å². The molecular weight excluding hydrogens is 818 g/mol. The van der Waals surface area contributed by atoms with E-state index >= 15 is 4.39 Å². The molecule has 0 spiro atoms. The number of benzene rings is 2. The van der Waals surface area contributed by atoms with Gasteiger partial charge in [0.1, 0.15) is 46.0 Å². The smallest absolute Gasteiger partial charge is 0.252 e. The van der Waals surface area contributed by atoms with Gasteiger partial charge >= 0.3 is 0 Å². The van der Waals surface area contributed by atoms with Crippen molar-refractivity contribution >= 4 is 41.4 Å². The van der Waals surface area contributed by atoms with Gasteiger partial charge in [0.15, 0.2) is 19.4 Å². The first kappa shape index (κ1) is 39.4. The Kier molecular flexibility index (Phi) is 13.3. The van der Waals surface area contributed by atoms with Crippen LogP contribution in [0.1, 0.15) is 70.1 Å². The number of rotatable bonds is 10. The van der Waals surface area contributed by atoms with Crippen LogP contribution in [-0.4, -0.2) is 39.1 Å². The number of aromatic nitrogens is 4. The van der Waals surface area contributed by atoms with Crippen LogP contribution in [0.15, 0.2) is 45.2 Å². The molecule has 261 valence electrons. The molecule has 0 aliphatic rings. The number of aliphatic hydroxyl groups is 1. The average Bonchev–Trinajstić information content (AvgIpc) is 3.67. The standard InChI is InChI=1S/C24H19FN5O2Si.C13H24O2.Ir/c1-12-6-13(2)8-14(7-12)19-22-20(28-11-27-19)15-9-17(25)16(10-26)18(21(15)31-22)23-29-30-24(32-23)33(3,4)5;1-5-10(6-2)12(14)9-13(15)11(7-3)8-4;/h6-7,9,11H,1-5H3;9-11,14H,5-8H2,1-4H3;/q-1;;/b;12-9-;. The van der Waals surface area contributed by atoms with E-state index in [9.17, 15) is 15.2 Å². The van der Waals surface area contributed by atoms with Crippen molar-refractivity contribution in [1.29, 1.82) is 5.26 Å². The van der Waals surface area contributed by atoms with Crippen molar-refractivity contribution < 1.29 is 43.2 Å². The first-order chi connectivity index (χ1) is 22.8. The first-order valence-electron chi connectivity index (χ1n) is 16.4. The zero-order valence-electron chi connectivity index (χ0n) is 29.5. The van der Waals surface area contributed by atoms with Crippen LogP contribution in [-0.2, 0) is 24.9 Å². The van der Waals surface area contributed by atoms with E-state index in [0.717, 1.165) is 42.4 Å². The fraction of sp³-hybridized carbons (Fsp3) is 0.405. The molecule has 0 fully saturated rings. The quantitative estimate of drug-likeness (QED) is 0.0631. The molecule has 5 rings (SSSR count). The molecule has 0 aliphatic heterocycles. The van der Waals surface area contributed by atoms with Gasteiger partial charge in [-0.1, -0.05) is 61.2 Å². The van der Waals surface area contributed by atoms with E-state index in [0.29, 0.717) is 27.7 Å². The van der Waals surface area contributed by atoms with Crippen molar-refractivity contribution in [3.05, 3.63) is 64.9 Å². The van der Waals surface area contributed by atoms with Gasteiger partial charge in [0.05, 0.1) is 5.76 Å². The molecule has 0 aliphatic carbocycles. The van der Waals surface area contributed by atoms with Gasteiger partial charge in [0.2, 0.25) is 0 Å². The van der Waals surface area contributed by atoms with Crippen LogP contribution in [0, 0.1) is 48.9 Å². The van der Waals surface area contributed by atoms with Gasteiger partial charge < -0.3 is 13.9 Å². The number of allylic oxidation sites excluding steroid dienone is 2. The van der Waals surface area contributed by atoms with Crippen LogP contribution >= 0.6 is 0 Å². The Morgan fingerprint density at radius 2 is 1.65 bits per heavy atom. The zero-order chi connectivity index (χ0) is 35.3. The summed E-state index contributed by atoms with van der Waals surface area (Å²) < 4.78 is 27.2. The van der Waals surface area contributed by atoms with E-state index in [-0.39, 0.29) is 66.1 Å². The third-order valence-electron chi connectivity index (χ3n) is 8.37. The minimum atomic E-state index is -1.92. The van der Waals surface area contributed by atoms with Gasteiger partial charge in [-0.15, -0.1) is 45.1 Å². The number of nitriles is 1. The maximum absolute atomic E-state index is 15.0. The average molecular weight is 861 g/mol. The predicted octanol–water partition coefficient (Wildman–Crippen LogP) is 8.93. The van der Waals surface area contributed by atoms with Crippen molar-refractivity contribution in [3.63, 3.8) is 0 Å². The fourth-order valence-corrected chi connectivity index (χ4v) is 6.37. The molecule has 0 unspecified atom stereocenters. The summed E-state index contributed by atoms with van der Waals surface area (Å²) in [7, 11) is -1.92. The largest absolute Gasteiger partial charge is 0.512 e. The van der Waals surface area contributed by atoms with Gasteiger partial charge in [0.25, 0.3) is 5.89 Å². The van der Waals surface area contributed by atoms with E-state index < -0.39 is 13.9 Å². The summed E-state index contributed by atoms with van der Waals surface area (Å²) in [6.07, 6.45) is 6.31. The maximum Gasteiger partial charge on any atom is 0.252 e. The van der Waals surface area contributed by atoms with Crippen molar-refractivity contribution in [3.8, 4) is 28.8 Å². The second-order valence-corrected chi connectivity index (χ2v) is 17.9. The van der Waals surface area contributed by atoms with Crippen molar-refractivity contribution in [2.24, 2.45) is 11.8 Å². The first-order valence-corrected chi connectivity index (χ1v) is 19.9. The van der Waals surface area contributed by atoms with Crippen molar-refractivity contribution in [2.75, 3.05) is 0 Å². The van der Waals surface area contributed by atoms with Crippen LogP contribution < -0.4 is 5.51 Å². The maximum atomic E-state index is 15.0. The van der Waals surface area contributed by atoms with Crippen LogP contribution in [0.3, 0.4) is 0 Å². The molecule has 0 bridgehead atoms. The number of furan rings is 1. The molecular formula is C37H43FIrN5O4Si-. The summed E-state index contributed by atoms with van der Waals surface area (Å²) in [5, 5.41) is 28.1. The number of aryl methyl sites for hydroxylation is 2. The summed E-state index contributed by atoms with van der Waals surface area (Å²) in [5.74, 6) is -0.125. The summed E-state index contributed by atoms with van der Waals surface area (Å²) in [4.78, 5) is 20.5. The van der Waals surface area contributed by atoms with E-state index in [4.69, 9.17) is 8.83 Å². The fourth-order valence-electron chi connectivity index (χ4n) is 5.61. The third-order valence-corrected chi connectivity index (χ3v) is 9.86. The molecule has 49 heavy (non-hydrogen) atoms. The van der Waals surface area contributed by atoms with E-state index in [1.54, 1.807) is 0 Å². The topological polar surface area (TPSA) is 139 Å². The van der Waals surface area contributed by atoms with Gasteiger partial charge in [-0.25, -0.2) is 9.37 Å². The molecule has 5 aromatic rings. The summed E-state index contributed by atoms with van der Waals surface area (Å²) in [5.41, 5.74) is 4.72. The second-order valence-electron chi connectivity index (χ2n) is 13.0. The summed E-state index contributed by atoms with van der Waals surface area (Å²) >= 11 is 0. The van der Waals surface area contributed by atoms with E-state index in [1.807, 2.05) is 59.7 Å². The monoisotopic (exact) mass is 861 g/mol. The summed E-state index contributed by atoms with van der Waals surface area (Å²) in [6.45, 7) is 18.2. The number of hydrogen-bond donors (Lipinski definition) is 1. The molecule has 3 aromatic heterocycles. The molecule has 0 amide bonds. The molecule has 9 nitrogen and oxygen atoms in total. The van der Waals surface area contributed by atoms with E-state index in [2.05, 4.69) is 45.9 Å². The molecule has 0 saturated heterocycles. The molecule has 1 radical (unpaired) electrons. The number of aliphatic hydroxyl groups excluding tert-OH is 1. The Bertz CT molecular complexity index is 2000. The minimum Gasteiger partial charge on any atom is -0.512 e. The number of ketones is 1. The van der Waals surface area contributed by atoms with Crippen LogP contribution in [0.5, 0.6) is 0 Å². The second kappa shape index (κ2) is 16.6. The Morgan fingerprint density at radius 3 is 2.20 bits per heavy atom. The Hall–Kier alpha value is -4.04. The van der Waals surface area contributed by atoms with Crippen molar-refractivity contribution in [1.82, 2.24) is 20.2 Å². The van der Waals surface area contributed by atoms with Gasteiger partial charge in [-0.2, -0.15) is 5.26 Å². The van der Waals surface area contributed by atoms with Crippen LogP contribution in [0.4, 0.5) is 4.39 Å². The molecule has 0 atom stereocenters. The molecule has 3 heterocycles. The minimum absolute atomic E-state index is 0. The van der Waals surface area contributed by atoms with Crippen molar-refractivity contribution in [2.45, 2.75) is 86.9 Å². The number of fused-ring (bicyclic) bond motifs is 3. The Labute approximate surface area is 301 Å². The van der Waals surface area contributed by atoms with Gasteiger partial charge in [-0.3, -0.25) is 9.78 Å². The number of carbonyl (C=O) groups excluding carboxylic acids is 1. The number of hydrogen-bond acceptors (Lipinski definition) is 9. The van der Waals surface area contributed by atoms with Crippen LogP contribution in [0.25, 0.3) is 44.8 Å². The third kappa shape index (κ3) is 8.58.